The van der Waals surface area contributed by atoms with Gasteiger partial charge in [0.1, 0.15) is 17.5 Å². The van der Waals surface area contributed by atoms with Gasteiger partial charge in [-0.1, -0.05) is 12.1 Å². The van der Waals surface area contributed by atoms with Crippen molar-refractivity contribution in [2.24, 2.45) is 5.73 Å². The van der Waals surface area contributed by atoms with Gasteiger partial charge in [0.15, 0.2) is 0 Å². The van der Waals surface area contributed by atoms with E-state index in [1.54, 1.807) is 34.1 Å². The summed E-state index contributed by atoms with van der Waals surface area (Å²) in [5.74, 6) is -0.597. The molecule has 0 saturated carbocycles. The Morgan fingerprint density at radius 2 is 1.69 bits per heavy atom. The predicted octanol–water partition coefficient (Wildman–Crippen LogP) is 1.52. The van der Waals surface area contributed by atoms with Crippen LogP contribution >= 0.6 is 0 Å². The van der Waals surface area contributed by atoms with E-state index in [2.05, 4.69) is 0 Å². The van der Waals surface area contributed by atoms with E-state index in [1.807, 2.05) is 6.92 Å². The first kappa shape index (κ1) is 20.8. The molecule has 0 bridgehead atoms. The van der Waals surface area contributed by atoms with Gasteiger partial charge in [-0.3, -0.25) is 19.8 Å². The molecule has 0 spiro atoms. The second-order valence-corrected chi connectivity index (χ2v) is 7.93. The van der Waals surface area contributed by atoms with Crippen LogP contribution in [0.2, 0.25) is 0 Å². The van der Waals surface area contributed by atoms with Crippen LogP contribution in [0.4, 0.5) is 0 Å². The number of nitrogens with one attached hydrogen (secondary N) is 1. The molecule has 8 nitrogen and oxygen atoms in total. The lowest BCUT2D eigenvalue weighted by Gasteiger charge is -2.40. The Morgan fingerprint density at radius 1 is 1.10 bits per heavy atom. The standard InChI is InChI=1S/C21H28N4O4/c1-14(26)29-17-8-12-24(13-9-17)20(28)21(2)10-3-11-25(21)19(27)16-6-4-15(5-7-16)18(22)23/h4-7,17H,3,8-13H2,1-2H3,(H3,22,23)/t21-/m1/s1. The largest absolute Gasteiger partial charge is 0.462 e. The molecule has 156 valence electrons. The number of rotatable bonds is 4. The van der Waals surface area contributed by atoms with Gasteiger partial charge in [-0.05, 0) is 31.9 Å². The van der Waals surface area contributed by atoms with E-state index >= 15 is 0 Å². The first-order valence-corrected chi connectivity index (χ1v) is 9.95. The fourth-order valence-corrected chi connectivity index (χ4v) is 4.21. The van der Waals surface area contributed by atoms with Gasteiger partial charge < -0.3 is 20.3 Å². The van der Waals surface area contributed by atoms with E-state index in [0.29, 0.717) is 50.0 Å². The maximum Gasteiger partial charge on any atom is 0.302 e. The number of ether oxygens (including phenoxy) is 1. The molecule has 0 aromatic heterocycles. The molecule has 2 aliphatic heterocycles. The molecule has 2 aliphatic rings. The van der Waals surface area contributed by atoms with Crippen molar-refractivity contribution < 1.29 is 19.1 Å². The second kappa shape index (κ2) is 8.23. The summed E-state index contributed by atoms with van der Waals surface area (Å²) in [6, 6.07) is 6.58. The van der Waals surface area contributed by atoms with Crippen molar-refractivity contribution in [3.05, 3.63) is 35.4 Å². The molecule has 29 heavy (non-hydrogen) atoms. The SMILES string of the molecule is CC(=O)OC1CCN(C(=O)[C@@]2(C)CCCN2C(=O)c2ccc(C(=N)N)cc2)CC1. The molecule has 2 fully saturated rings. The third-order valence-corrected chi connectivity index (χ3v) is 5.85. The Bertz CT molecular complexity index is 814. The molecule has 2 saturated heterocycles. The first-order chi connectivity index (χ1) is 13.7. The smallest absolute Gasteiger partial charge is 0.302 e. The number of esters is 1. The molecular weight excluding hydrogens is 372 g/mol. The summed E-state index contributed by atoms with van der Waals surface area (Å²) < 4.78 is 5.25. The lowest BCUT2D eigenvalue weighted by Crippen LogP contribution is -2.58. The van der Waals surface area contributed by atoms with Crippen LogP contribution in [-0.4, -0.2) is 64.7 Å². The summed E-state index contributed by atoms with van der Waals surface area (Å²) in [6.45, 7) is 4.79. The van der Waals surface area contributed by atoms with E-state index in [4.69, 9.17) is 15.9 Å². The number of hydrogen-bond donors (Lipinski definition) is 2. The fourth-order valence-electron chi connectivity index (χ4n) is 4.21. The van der Waals surface area contributed by atoms with Crippen molar-refractivity contribution in [3.8, 4) is 0 Å². The minimum absolute atomic E-state index is 0.0509. The number of carbonyl (C=O) groups excluding carboxylic acids is 3. The van der Waals surface area contributed by atoms with Crippen molar-refractivity contribution in [2.75, 3.05) is 19.6 Å². The minimum atomic E-state index is -0.884. The number of benzene rings is 1. The summed E-state index contributed by atoms with van der Waals surface area (Å²) in [6.07, 6.45) is 2.46. The van der Waals surface area contributed by atoms with Gasteiger partial charge in [0.25, 0.3) is 5.91 Å². The highest BCUT2D eigenvalue weighted by Gasteiger charge is 2.48. The second-order valence-electron chi connectivity index (χ2n) is 7.93. The van der Waals surface area contributed by atoms with E-state index in [1.165, 1.54) is 6.92 Å². The maximum atomic E-state index is 13.3. The number of carbonyl (C=O) groups is 3. The maximum absolute atomic E-state index is 13.3. The number of hydrogen-bond acceptors (Lipinski definition) is 5. The molecule has 1 atom stereocenters. The van der Waals surface area contributed by atoms with Gasteiger partial charge in [-0.25, -0.2) is 0 Å². The Hall–Kier alpha value is -2.90. The molecule has 8 heteroatoms. The van der Waals surface area contributed by atoms with Crippen LogP contribution in [0, 0.1) is 5.41 Å². The van der Waals surface area contributed by atoms with Gasteiger partial charge in [0.05, 0.1) is 0 Å². The number of nitrogen functional groups attached to an aromatic ring is 1. The molecular formula is C21H28N4O4. The average Bonchev–Trinajstić information content (AvgIpc) is 3.10. The molecule has 0 radical (unpaired) electrons. The lowest BCUT2D eigenvalue weighted by atomic mass is 9.94. The fraction of sp³-hybridized carbons (Fsp3) is 0.524. The third kappa shape index (κ3) is 4.26. The Morgan fingerprint density at radius 3 is 2.24 bits per heavy atom. The first-order valence-electron chi connectivity index (χ1n) is 9.95. The van der Waals surface area contributed by atoms with Gasteiger partial charge in [0.2, 0.25) is 5.91 Å². The van der Waals surface area contributed by atoms with E-state index in [0.717, 1.165) is 6.42 Å². The highest BCUT2D eigenvalue weighted by molar-refractivity contribution is 6.01. The van der Waals surface area contributed by atoms with Gasteiger partial charge in [0, 0.05) is 50.5 Å². The van der Waals surface area contributed by atoms with Crippen LogP contribution in [0.3, 0.4) is 0 Å². The summed E-state index contributed by atoms with van der Waals surface area (Å²) in [7, 11) is 0. The van der Waals surface area contributed by atoms with Crippen molar-refractivity contribution in [3.63, 3.8) is 0 Å². The molecule has 3 N–H and O–H groups in total. The minimum Gasteiger partial charge on any atom is -0.462 e. The molecule has 2 amide bonds. The zero-order valence-corrected chi connectivity index (χ0v) is 16.9. The number of amides is 2. The lowest BCUT2D eigenvalue weighted by molar-refractivity contribution is -0.151. The molecule has 1 aromatic carbocycles. The third-order valence-electron chi connectivity index (χ3n) is 5.85. The highest BCUT2D eigenvalue weighted by Crippen LogP contribution is 2.33. The van der Waals surface area contributed by atoms with E-state index in [-0.39, 0.29) is 29.7 Å². The number of nitrogens with zero attached hydrogens (tertiary/aromatic N) is 2. The molecule has 2 heterocycles. The quantitative estimate of drug-likeness (QED) is 0.451. The molecule has 0 aliphatic carbocycles. The zero-order valence-electron chi connectivity index (χ0n) is 16.9. The summed E-state index contributed by atoms with van der Waals surface area (Å²) >= 11 is 0. The predicted molar refractivity (Wildman–Crippen MR) is 108 cm³/mol. The Labute approximate surface area is 170 Å². The molecule has 0 unspecified atom stereocenters. The van der Waals surface area contributed by atoms with Crippen molar-refractivity contribution in [2.45, 2.75) is 51.2 Å². The van der Waals surface area contributed by atoms with Crippen molar-refractivity contribution in [1.82, 2.24) is 9.80 Å². The number of nitrogens with two attached hydrogens (primary N) is 1. The van der Waals surface area contributed by atoms with Crippen LogP contribution in [-0.2, 0) is 14.3 Å². The monoisotopic (exact) mass is 400 g/mol. The average molecular weight is 400 g/mol. The van der Waals surface area contributed by atoms with Crippen LogP contribution in [0.25, 0.3) is 0 Å². The van der Waals surface area contributed by atoms with Gasteiger partial charge >= 0.3 is 5.97 Å². The van der Waals surface area contributed by atoms with Crippen LogP contribution in [0.15, 0.2) is 24.3 Å². The molecule has 3 rings (SSSR count). The van der Waals surface area contributed by atoms with Gasteiger partial charge in [-0.2, -0.15) is 0 Å². The number of likely N-dealkylation sites (tertiary alicyclic amines) is 2. The van der Waals surface area contributed by atoms with Crippen LogP contribution < -0.4 is 5.73 Å². The van der Waals surface area contributed by atoms with E-state index < -0.39 is 5.54 Å². The van der Waals surface area contributed by atoms with Crippen LogP contribution in [0.5, 0.6) is 0 Å². The Kier molecular flexibility index (Phi) is 5.91. The summed E-state index contributed by atoms with van der Waals surface area (Å²) in [5.41, 5.74) is 5.62. The summed E-state index contributed by atoms with van der Waals surface area (Å²) in [5, 5.41) is 7.47. The topological polar surface area (TPSA) is 117 Å². The van der Waals surface area contributed by atoms with Crippen LogP contribution in [0.1, 0.15) is 55.5 Å². The highest BCUT2D eigenvalue weighted by atomic mass is 16.5. The van der Waals surface area contributed by atoms with E-state index in [9.17, 15) is 14.4 Å². The van der Waals surface area contributed by atoms with Crippen molar-refractivity contribution in [1.29, 1.82) is 5.41 Å². The zero-order chi connectivity index (χ0) is 21.2. The normalized spacial score (nSPS) is 22.4. The molecule has 1 aromatic rings. The number of piperidine rings is 1. The van der Waals surface area contributed by atoms with Crippen molar-refractivity contribution >= 4 is 23.6 Å². The van der Waals surface area contributed by atoms with Gasteiger partial charge in [-0.15, -0.1) is 0 Å². The Balaban J connectivity index is 1.71. The summed E-state index contributed by atoms with van der Waals surface area (Å²) in [4.78, 5) is 41.0. The number of amidine groups is 1.